The molecule has 0 saturated heterocycles. The minimum absolute atomic E-state index is 0. The summed E-state index contributed by atoms with van der Waals surface area (Å²) in [5, 5.41) is 20.8. The molecule has 1 aliphatic heterocycles. The Morgan fingerprint density at radius 2 is 1.88 bits per heavy atom. The molecule has 7 N–H and O–H groups in total. The third-order valence-corrected chi connectivity index (χ3v) is 2.82. The number of phenols is 2. The van der Waals surface area contributed by atoms with Crippen molar-refractivity contribution >= 4 is 5.69 Å². The van der Waals surface area contributed by atoms with Crippen molar-refractivity contribution in [3.63, 3.8) is 0 Å². The van der Waals surface area contributed by atoms with Crippen LogP contribution in [0.25, 0.3) is 0 Å². The number of hydrogen-bond donors (Lipinski definition) is 4. The Bertz CT molecular complexity index is 361. The summed E-state index contributed by atoms with van der Waals surface area (Å²) in [4.78, 5) is 0. The van der Waals surface area contributed by atoms with E-state index in [1.165, 1.54) is 0 Å². The molecule has 1 atom stereocenters. The van der Waals surface area contributed by atoms with Crippen molar-refractivity contribution in [2.24, 2.45) is 5.92 Å². The second kappa shape index (κ2) is 6.44. The summed E-state index contributed by atoms with van der Waals surface area (Å²) in [5.41, 5.74) is 6.05. The maximum Gasteiger partial charge on any atom is 0.163 e. The molecule has 0 bridgehead atoms. The number of halogens is 2. The van der Waals surface area contributed by atoms with E-state index in [2.05, 4.69) is 11.1 Å². The number of benzene rings is 1. The Balaban J connectivity index is 0.00000112. The van der Waals surface area contributed by atoms with E-state index in [1.54, 1.807) is 12.1 Å². The van der Waals surface area contributed by atoms with Gasteiger partial charge in [0.25, 0.3) is 0 Å². The molecule has 1 aromatic rings. The van der Waals surface area contributed by atoms with Gasteiger partial charge in [-0.2, -0.15) is 0 Å². The van der Waals surface area contributed by atoms with E-state index < -0.39 is 0 Å². The SMILES string of the molecule is [Br-].[Br-].[NH3+]CC1C[NH2+]c2cc(O)c(O)cc2C1. The standard InChI is InChI=1S/C10H14N2O2.2BrH/c11-4-6-1-7-2-9(13)10(14)3-8(7)12-5-6;;/h2-3,6,12-14H,1,4-5,11H2;2*1H. The van der Waals surface area contributed by atoms with Crippen LogP contribution in [0, 0.1) is 5.92 Å². The number of rotatable bonds is 1. The molecule has 1 heterocycles. The topological polar surface area (TPSA) is 84.7 Å². The van der Waals surface area contributed by atoms with Gasteiger partial charge in [0.15, 0.2) is 11.5 Å². The summed E-state index contributed by atoms with van der Waals surface area (Å²) in [6, 6.07) is 3.28. The fourth-order valence-electron chi connectivity index (χ4n) is 1.91. The zero-order valence-electron chi connectivity index (χ0n) is 8.79. The molecule has 0 amide bonds. The van der Waals surface area contributed by atoms with Crippen LogP contribution < -0.4 is 45.0 Å². The van der Waals surface area contributed by atoms with Crippen LogP contribution in [0.3, 0.4) is 0 Å². The highest BCUT2D eigenvalue weighted by atomic mass is 79.9. The number of nitrogens with two attached hydrogens (primary N) is 1. The van der Waals surface area contributed by atoms with Crippen LogP contribution in [-0.4, -0.2) is 23.3 Å². The molecule has 2 rings (SSSR count). The summed E-state index contributed by atoms with van der Waals surface area (Å²) in [5.74, 6) is 0.515. The lowest BCUT2D eigenvalue weighted by Gasteiger charge is -2.19. The molecule has 0 spiro atoms. The monoisotopic (exact) mass is 354 g/mol. The first kappa shape index (κ1) is 15.7. The second-order valence-corrected chi connectivity index (χ2v) is 3.84. The predicted molar refractivity (Wildman–Crippen MR) is 51.2 cm³/mol. The van der Waals surface area contributed by atoms with E-state index in [9.17, 15) is 10.2 Å². The molecule has 6 heteroatoms. The van der Waals surface area contributed by atoms with Crippen LogP contribution >= 0.6 is 0 Å². The molecular weight excluding hydrogens is 340 g/mol. The summed E-state index contributed by atoms with van der Waals surface area (Å²) in [6.45, 7) is 1.93. The number of hydrogen-bond acceptors (Lipinski definition) is 2. The van der Waals surface area contributed by atoms with Crippen LogP contribution in [0.15, 0.2) is 12.1 Å². The van der Waals surface area contributed by atoms with E-state index in [0.29, 0.717) is 5.92 Å². The van der Waals surface area contributed by atoms with Gasteiger partial charge in [-0.25, -0.2) is 0 Å². The lowest BCUT2D eigenvalue weighted by atomic mass is 9.94. The number of phenolic OH excluding ortho intramolecular Hbond substituents is 2. The maximum atomic E-state index is 9.35. The second-order valence-electron chi connectivity index (χ2n) is 3.84. The Morgan fingerprint density at radius 3 is 2.50 bits per heavy atom. The molecule has 1 unspecified atom stereocenters. The third-order valence-electron chi connectivity index (χ3n) is 2.82. The van der Waals surface area contributed by atoms with Gasteiger partial charge in [-0.05, 0) is 12.5 Å². The summed E-state index contributed by atoms with van der Waals surface area (Å²) < 4.78 is 0. The molecule has 0 fully saturated rings. The normalized spacial score (nSPS) is 17.9. The zero-order valence-corrected chi connectivity index (χ0v) is 12.0. The van der Waals surface area contributed by atoms with Crippen molar-refractivity contribution in [1.82, 2.24) is 0 Å². The lowest BCUT2D eigenvalue weighted by molar-refractivity contribution is -0.589. The Kier molecular flexibility index (Phi) is 6.32. The van der Waals surface area contributed by atoms with E-state index in [0.717, 1.165) is 30.8 Å². The first-order chi connectivity index (χ1) is 6.70. The van der Waals surface area contributed by atoms with Crippen molar-refractivity contribution in [3.05, 3.63) is 17.7 Å². The third kappa shape index (κ3) is 3.10. The van der Waals surface area contributed by atoms with Gasteiger partial charge >= 0.3 is 0 Å². The molecular formula is C10H16Br2N2O2. The van der Waals surface area contributed by atoms with E-state index in [-0.39, 0.29) is 45.5 Å². The average Bonchev–Trinajstić information content (AvgIpc) is 2.19. The van der Waals surface area contributed by atoms with Crippen molar-refractivity contribution in [3.8, 4) is 11.5 Å². The molecule has 92 valence electrons. The van der Waals surface area contributed by atoms with Crippen molar-refractivity contribution in [1.29, 1.82) is 0 Å². The quantitative estimate of drug-likeness (QED) is 0.229. The van der Waals surface area contributed by atoms with Crippen LogP contribution in [0.2, 0.25) is 0 Å². The van der Waals surface area contributed by atoms with E-state index >= 15 is 0 Å². The van der Waals surface area contributed by atoms with Gasteiger partial charge < -0.3 is 55.2 Å². The first-order valence-electron chi connectivity index (χ1n) is 4.88. The van der Waals surface area contributed by atoms with Crippen LogP contribution in [0.4, 0.5) is 5.69 Å². The minimum Gasteiger partial charge on any atom is -1.00 e. The van der Waals surface area contributed by atoms with Crippen LogP contribution in [0.1, 0.15) is 5.56 Å². The Morgan fingerprint density at radius 1 is 1.25 bits per heavy atom. The van der Waals surface area contributed by atoms with Crippen molar-refractivity contribution in [2.45, 2.75) is 6.42 Å². The van der Waals surface area contributed by atoms with Crippen LogP contribution in [0.5, 0.6) is 11.5 Å². The number of fused-ring (bicyclic) bond motifs is 1. The highest BCUT2D eigenvalue weighted by Gasteiger charge is 2.23. The largest absolute Gasteiger partial charge is 1.00 e. The number of aromatic hydroxyl groups is 2. The molecule has 0 saturated carbocycles. The van der Waals surface area contributed by atoms with Gasteiger partial charge in [-0.15, -0.1) is 0 Å². The summed E-state index contributed by atoms with van der Waals surface area (Å²) in [6.07, 6.45) is 0.948. The Labute approximate surface area is 115 Å². The fraction of sp³-hybridized carbons (Fsp3) is 0.400. The summed E-state index contributed by atoms with van der Waals surface area (Å²) in [7, 11) is 0. The van der Waals surface area contributed by atoms with Crippen molar-refractivity contribution in [2.75, 3.05) is 13.1 Å². The highest BCUT2D eigenvalue weighted by Crippen LogP contribution is 2.31. The van der Waals surface area contributed by atoms with Gasteiger partial charge in [0.2, 0.25) is 0 Å². The molecule has 0 aromatic heterocycles. The summed E-state index contributed by atoms with van der Waals surface area (Å²) >= 11 is 0. The minimum atomic E-state index is -0.0342. The van der Waals surface area contributed by atoms with Crippen molar-refractivity contribution < 1.29 is 55.2 Å². The van der Waals surface area contributed by atoms with Gasteiger partial charge in [0.1, 0.15) is 5.69 Å². The first-order valence-corrected chi connectivity index (χ1v) is 4.88. The fourth-order valence-corrected chi connectivity index (χ4v) is 1.91. The van der Waals surface area contributed by atoms with E-state index in [4.69, 9.17) is 0 Å². The average molecular weight is 356 g/mol. The van der Waals surface area contributed by atoms with E-state index in [1.807, 2.05) is 0 Å². The molecule has 0 aliphatic carbocycles. The Hall–Kier alpha value is -0.300. The molecule has 0 radical (unpaired) electrons. The molecule has 4 nitrogen and oxygen atoms in total. The van der Waals surface area contributed by atoms with Gasteiger partial charge in [-0.3, -0.25) is 0 Å². The zero-order chi connectivity index (χ0) is 10.1. The van der Waals surface area contributed by atoms with Gasteiger partial charge in [0.05, 0.1) is 19.0 Å². The smallest absolute Gasteiger partial charge is 0.163 e. The van der Waals surface area contributed by atoms with Gasteiger partial charge in [-0.1, -0.05) is 0 Å². The maximum absolute atomic E-state index is 9.35. The molecule has 1 aromatic carbocycles. The van der Waals surface area contributed by atoms with Crippen LogP contribution in [-0.2, 0) is 6.42 Å². The predicted octanol–water partition coefficient (Wildman–Crippen LogP) is -7.29. The highest BCUT2D eigenvalue weighted by molar-refractivity contribution is 5.52. The molecule has 16 heavy (non-hydrogen) atoms. The lowest BCUT2D eigenvalue weighted by Crippen LogP contribution is -3.00. The molecule has 1 aliphatic rings. The van der Waals surface area contributed by atoms with Gasteiger partial charge in [0, 0.05) is 11.6 Å². The number of quaternary nitrogens is 2.